The zero-order valence-electron chi connectivity index (χ0n) is 11.1. The molecule has 0 spiro atoms. The predicted molar refractivity (Wildman–Crippen MR) is 70.7 cm³/mol. The molecule has 0 aromatic rings. The summed E-state index contributed by atoms with van der Waals surface area (Å²) in [5, 5.41) is 0. The van der Waals surface area contributed by atoms with Crippen LogP contribution in [0.1, 0.15) is 58.3 Å². The molecule has 2 heteroatoms. The van der Waals surface area contributed by atoms with E-state index < -0.39 is 0 Å². The van der Waals surface area contributed by atoms with Crippen LogP contribution in [0.15, 0.2) is 12.7 Å². The van der Waals surface area contributed by atoms with Gasteiger partial charge in [0.15, 0.2) is 0 Å². The van der Waals surface area contributed by atoms with Gasteiger partial charge in [0, 0.05) is 6.08 Å². The summed E-state index contributed by atoms with van der Waals surface area (Å²) in [4.78, 5) is 10.1. The SMILES string of the molecule is C1CCC(C2CCCC2)C1.C=CC(=O)OCC. The lowest BCUT2D eigenvalue weighted by Gasteiger charge is -2.16. The second-order valence-electron chi connectivity index (χ2n) is 5.05. The highest BCUT2D eigenvalue weighted by molar-refractivity contribution is 5.81. The number of esters is 1. The molecule has 17 heavy (non-hydrogen) atoms. The minimum Gasteiger partial charge on any atom is -0.463 e. The summed E-state index contributed by atoms with van der Waals surface area (Å²) in [5.74, 6) is 1.95. The van der Waals surface area contributed by atoms with Crippen LogP contribution in [0, 0.1) is 11.8 Å². The van der Waals surface area contributed by atoms with Crippen LogP contribution in [0.5, 0.6) is 0 Å². The van der Waals surface area contributed by atoms with Gasteiger partial charge in [-0.25, -0.2) is 4.79 Å². The highest BCUT2D eigenvalue weighted by atomic mass is 16.5. The number of rotatable bonds is 3. The Bertz CT molecular complexity index is 209. The molecule has 2 aliphatic carbocycles. The van der Waals surface area contributed by atoms with E-state index in [1.54, 1.807) is 32.6 Å². The molecule has 98 valence electrons. The molecular weight excluding hydrogens is 212 g/mol. The Morgan fingerprint density at radius 3 is 1.76 bits per heavy atom. The molecule has 0 aromatic carbocycles. The van der Waals surface area contributed by atoms with Gasteiger partial charge in [0.25, 0.3) is 0 Å². The zero-order valence-corrected chi connectivity index (χ0v) is 11.1. The van der Waals surface area contributed by atoms with Crippen molar-refractivity contribution >= 4 is 5.97 Å². The van der Waals surface area contributed by atoms with Crippen LogP contribution < -0.4 is 0 Å². The second kappa shape index (κ2) is 8.32. The molecule has 2 saturated carbocycles. The third-order valence-corrected chi connectivity index (χ3v) is 3.92. The van der Waals surface area contributed by atoms with Gasteiger partial charge in [-0.3, -0.25) is 0 Å². The van der Waals surface area contributed by atoms with Crippen molar-refractivity contribution in [2.75, 3.05) is 6.61 Å². The van der Waals surface area contributed by atoms with E-state index in [1.807, 2.05) is 0 Å². The van der Waals surface area contributed by atoms with E-state index in [1.165, 1.54) is 25.7 Å². The minimum atomic E-state index is -0.359. The summed E-state index contributed by atoms with van der Waals surface area (Å²) < 4.78 is 4.43. The van der Waals surface area contributed by atoms with E-state index in [0.717, 1.165) is 17.9 Å². The Morgan fingerprint density at radius 1 is 1.12 bits per heavy atom. The van der Waals surface area contributed by atoms with Crippen molar-refractivity contribution in [3.05, 3.63) is 12.7 Å². The van der Waals surface area contributed by atoms with Crippen molar-refractivity contribution in [1.82, 2.24) is 0 Å². The van der Waals surface area contributed by atoms with Crippen LogP contribution in [0.25, 0.3) is 0 Å². The quantitative estimate of drug-likeness (QED) is 0.546. The maximum absolute atomic E-state index is 10.1. The van der Waals surface area contributed by atoms with Crippen molar-refractivity contribution in [1.29, 1.82) is 0 Å². The molecule has 0 unspecified atom stereocenters. The fourth-order valence-corrected chi connectivity index (χ4v) is 3.06. The van der Waals surface area contributed by atoms with Crippen LogP contribution in [0.4, 0.5) is 0 Å². The number of ether oxygens (including phenoxy) is 1. The molecule has 0 bridgehead atoms. The molecule has 0 amide bonds. The van der Waals surface area contributed by atoms with Crippen LogP contribution in [-0.2, 0) is 9.53 Å². The van der Waals surface area contributed by atoms with Crippen LogP contribution in [-0.4, -0.2) is 12.6 Å². The second-order valence-corrected chi connectivity index (χ2v) is 5.05. The monoisotopic (exact) mass is 238 g/mol. The molecular formula is C15H26O2. The highest BCUT2D eigenvalue weighted by Gasteiger charge is 2.26. The standard InChI is InChI=1S/C10H18.C5H8O2/c1-2-6-9(5-1)10-7-3-4-8-10;1-3-5(6)7-4-2/h9-10H,1-8H2;3H,1,4H2,2H3. The van der Waals surface area contributed by atoms with Gasteiger partial charge in [-0.2, -0.15) is 0 Å². The Balaban J connectivity index is 0.000000185. The maximum Gasteiger partial charge on any atom is 0.330 e. The molecule has 0 aromatic heterocycles. The predicted octanol–water partition coefficient (Wildman–Crippen LogP) is 4.10. The molecule has 0 saturated heterocycles. The normalized spacial score (nSPS) is 20.8. The van der Waals surface area contributed by atoms with Crippen molar-refractivity contribution in [3.8, 4) is 0 Å². The molecule has 0 aliphatic heterocycles. The molecule has 2 nitrogen and oxygen atoms in total. The first kappa shape index (κ1) is 14.3. The van der Waals surface area contributed by atoms with Crippen LogP contribution in [0.3, 0.4) is 0 Å². The van der Waals surface area contributed by atoms with E-state index in [0.29, 0.717) is 6.61 Å². The van der Waals surface area contributed by atoms with E-state index in [2.05, 4.69) is 11.3 Å². The van der Waals surface area contributed by atoms with Gasteiger partial charge >= 0.3 is 5.97 Å². The Labute approximate surface area is 105 Å². The lowest BCUT2D eigenvalue weighted by Crippen LogP contribution is -2.06. The van der Waals surface area contributed by atoms with Gasteiger partial charge in [0.05, 0.1) is 6.61 Å². The topological polar surface area (TPSA) is 26.3 Å². The Morgan fingerprint density at radius 2 is 1.53 bits per heavy atom. The fraction of sp³-hybridized carbons (Fsp3) is 0.800. The summed E-state index contributed by atoms with van der Waals surface area (Å²) in [6, 6.07) is 0. The number of carbonyl (C=O) groups is 1. The van der Waals surface area contributed by atoms with Gasteiger partial charge in [-0.05, 0) is 18.8 Å². The lowest BCUT2D eigenvalue weighted by molar-refractivity contribution is -0.137. The molecule has 0 radical (unpaired) electrons. The molecule has 2 rings (SSSR count). The molecule has 0 N–H and O–H groups in total. The minimum absolute atomic E-state index is 0.359. The van der Waals surface area contributed by atoms with Gasteiger partial charge in [-0.15, -0.1) is 0 Å². The smallest absolute Gasteiger partial charge is 0.330 e. The average molecular weight is 238 g/mol. The van der Waals surface area contributed by atoms with E-state index >= 15 is 0 Å². The number of hydrogen-bond acceptors (Lipinski definition) is 2. The van der Waals surface area contributed by atoms with Gasteiger partial charge in [-0.1, -0.05) is 57.9 Å². The first-order valence-electron chi connectivity index (χ1n) is 7.07. The van der Waals surface area contributed by atoms with Gasteiger partial charge < -0.3 is 4.74 Å². The van der Waals surface area contributed by atoms with E-state index in [-0.39, 0.29) is 5.97 Å². The summed E-state index contributed by atoms with van der Waals surface area (Å²) in [7, 11) is 0. The van der Waals surface area contributed by atoms with Gasteiger partial charge in [0.1, 0.15) is 0 Å². The van der Waals surface area contributed by atoms with E-state index in [4.69, 9.17) is 0 Å². The molecule has 2 aliphatic rings. The van der Waals surface area contributed by atoms with Crippen LogP contribution >= 0.6 is 0 Å². The summed E-state index contributed by atoms with van der Waals surface area (Å²) in [6.07, 6.45) is 13.5. The van der Waals surface area contributed by atoms with E-state index in [9.17, 15) is 4.79 Å². The fourth-order valence-electron chi connectivity index (χ4n) is 3.06. The lowest BCUT2D eigenvalue weighted by atomic mass is 9.90. The average Bonchev–Trinajstić information content (AvgIpc) is 3.02. The molecule has 0 atom stereocenters. The molecule has 0 heterocycles. The highest BCUT2D eigenvalue weighted by Crippen LogP contribution is 2.39. The third-order valence-electron chi connectivity index (χ3n) is 3.92. The first-order chi connectivity index (χ1) is 8.27. The Hall–Kier alpha value is -0.790. The summed E-state index contributed by atoms with van der Waals surface area (Å²) in [6.45, 7) is 5.38. The third kappa shape index (κ3) is 5.38. The van der Waals surface area contributed by atoms with Crippen molar-refractivity contribution < 1.29 is 9.53 Å². The largest absolute Gasteiger partial charge is 0.463 e. The zero-order chi connectivity index (χ0) is 12.5. The maximum atomic E-state index is 10.1. The van der Waals surface area contributed by atoms with Crippen LogP contribution in [0.2, 0.25) is 0 Å². The van der Waals surface area contributed by atoms with Gasteiger partial charge in [0.2, 0.25) is 0 Å². The number of carbonyl (C=O) groups excluding carboxylic acids is 1. The van der Waals surface area contributed by atoms with Crippen molar-refractivity contribution in [2.24, 2.45) is 11.8 Å². The summed E-state index contributed by atoms with van der Waals surface area (Å²) >= 11 is 0. The van der Waals surface area contributed by atoms with Crippen molar-refractivity contribution in [3.63, 3.8) is 0 Å². The summed E-state index contributed by atoms with van der Waals surface area (Å²) in [5.41, 5.74) is 0. The first-order valence-corrected chi connectivity index (χ1v) is 7.07. The number of hydrogen-bond donors (Lipinski definition) is 0. The Kier molecular flexibility index (Phi) is 6.99. The van der Waals surface area contributed by atoms with Crippen molar-refractivity contribution in [2.45, 2.75) is 58.3 Å². The molecule has 2 fully saturated rings.